The highest BCUT2D eigenvalue weighted by Gasteiger charge is 2.01. The maximum atomic E-state index is 8.74. The monoisotopic (exact) mass is 199 g/mol. The van der Waals surface area contributed by atoms with Crippen molar-refractivity contribution in [2.45, 2.75) is 0 Å². The van der Waals surface area contributed by atoms with E-state index in [1.165, 1.54) is 5.98 Å². The molecule has 0 unspecified atom stereocenters. The second-order valence-electron chi connectivity index (χ2n) is 3.19. The molecule has 0 saturated heterocycles. The number of pyridine rings is 1. The molecular formula is C11H10BNO2. The zero-order valence-electron chi connectivity index (χ0n) is 8.04. The van der Waals surface area contributed by atoms with Gasteiger partial charge in [0.1, 0.15) is 0 Å². The minimum absolute atomic E-state index is 0.895. The summed E-state index contributed by atoms with van der Waals surface area (Å²) in [4.78, 5) is 4.21. The van der Waals surface area contributed by atoms with Crippen LogP contribution in [0.1, 0.15) is 5.56 Å². The zero-order chi connectivity index (χ0) is 10.7. The molecular weight excluding hydrogens is 189 g/mol. The van der Waals surface area contributed by atoms with Crippen molar-refractivity contribution in [2.24, 2.45) is 0 Å². The second kappa shape index (κ2) is 4.25. The maximum absolute atomic E-state index is 8.74. The van der Waals surface area contributed by atoms with Crippen molar-refractivity contribution in [3.05, 3.63) is 48.1 Å². The summed E-state index contributed by atoms with van der Waals surface area (Å²) in [6.07, 6.45) is 3.38. The molecule has 0 aliphatic rings. The molecule has 0 saturated carbocycles. The molecule has 0 bridgehead atoms. The largest absolute Gasteiger partial charge is 0.480 e. The molecule has 0 atom stereocenters. The normalized spacial score (nSPS) is 11.1. The van der Waals surface area contributed by atoms with Gasteiger partial charge in [0.05, 0.1) is 5.52 Å². The topological polar surface area (TPSA) is 53.4 Å². The standard InChI is InChI=1S/C11H10BNO2/c14-12(15)7-5-9-6-8-13-11-4-2-1-3-10(9)11/h1-8,14-15H/b7-5+. The van der Waals surface area contributed by atoms with Crippen molar-refractivity contribution in [1.82, 2.24) is 4.98 Å². The lowest BCUT2D eigenvalue weighted by molar-refractivity contribution is 0.424. The van der Waals surface area contributed by atoms with Crippen molar-refractivity contribution < 1.29 is 10.0 Å². The number of rotatable bonds is 2. The fourth-order valence-electron chi connectivity index (χ4n) is 1.45. The Kier molecular flexibility index (Phi) is 2.80. The van der Waals surface area contributed by atoms with E-state index >= 15 is 0 Å². The van der Waals surface area contributed by atoms with Gasteiger partial charge in [0.2, 0.25) is 0 Å². The first-order chi connectivity index (χ1) is 7.27. The number of fused-ring (bicyclic) bond motifs is 1. The van der Waals surface area contributed by atoms with Gasteiger partial charge in [0.15, 0.2) is 0 Å². The van der Waals surface area contributed by atoms with Crippen molar-refractivity contribution in [3.8, 4) is 0 Å². The lowest BCUT2D eigenvalue weighted by atomic mass is 9.90. The minimum atomic E-state index is -1.42. The number of aromatic nitrogens is 1. The van der Waals surface area contributed by atoms with Crippen molar-refractivity contribution in [2.75, 3.05) is 0 Å². The highest BCUT2D eigenvalue weighted by Crippen LogP contribution is 2.17. The average Bonchev–Trinajstić information content (AvgIpc) is 2.26. The van der Waals surface area contributed by atoms with E-state index in [2.05, 4.69) is 4.98 Å². The Morgan fingerprint density at radius 1 is 1.13 bits per heavy atom. The van der Waals surface area contributed by atoms with Crippen LogP contribution in [0.25, 0.3) is 17.0 Å². The van der Waals surface area contributed by atoms with Crippen LogP contribution in [-0.2, 0) is 0 Å². The summed E-state index contributed by atoms with van der Waals surface area (Å²) in [6.45, 7) is 0. The molecule has 15 heavy (non-hydrogen) atoms. The molecule has 3 nitrogen and oxygen atoms in total. The number of hydrogen-bond acceptors (Lipinski definition) is 3. The van der Waals surface area contributed by atoms with Gasteiger partial charge < -0.3 is 10.0 Å². The van der Waals surface area contributed by atoms with E-state index in [0.717, 1.165) is 16.5 Å². The van der Waals surface area contributed by atoms with Crippen LogP contribution in [0.4, 0.5) is 0 Å². The van der Waals surface area contributed by atoms with E-state index in [0.29, 0.717) is 0 Å². The molecule has 1 aromatic heterocycles. The van der Waals surface area contributed by atoms with Gasteiger partial charge in [-0.2, -0.15) is 0 Å². The Balaban J connectivity index is 2.51. The van der Waals surface area contributed by atoms with Crippen molar-refractivity contribution in [3.63, 3.8) is 0 Å². The Morgan fingerprint density at radius 3 is 2.73 bits per heavy atom. The molecule has 0 amide bonds. The van der Waals surface area contributed by atoms with Crippen LogP contribution in [0.5, 0.6) is 0 Å². The summed E-state index contributed by atoms with van der Waals surface area (Å²) in [7, 11) is -1.42. The molecule has 0 aliphatic heterocycles. The Labute approximate surface area is 87.9 Å². The smallest absolute Gasteiger partial charge is 0.424 e. The van der Waals surface area contributed by atoms with E-state index in [1.54, 1.807) is 12.3 Å². The van der Waals surface area contributed by atoms with Gasteiger partial charge in [-0.1, -0.05) is 30.3 Å². The lowest BCUT2D eigenvalue weighted by Crippen LogP contribution is -2.05. The third-order valence-corrected chi connectivity index (χ3v) is 2.13. The van der Waals surface area contributed by atoms with E-state index in [4.69, 9.17) is 10.0 Å². The third-order valence-electron chi connectivity index (χ3n) is 2.13. The van der Waals surface area contributed by atoms with Gasteiger partial charge in [0, 0.05) is 11.6 Å². The molecule has 1 heterocycles. The molecule has 4 heteroatoms. The minimum Gasteiger partial charge on any atom is -0.424 e. The summed E-state index contributed by atoms with van der Waals surface area (Å²) in [5, 5.41) is 18.5. The average molecular weight is 199 g/mol. The molecule has 0 fully saturated rings. The van der Waals surface area contributed by atoms with Gasteiger partial charge in [-0.05, 0) is 17.7 Å². The summed E-state index contributed by atoms with van der Waals surface area (Å²) < 4.78 is 0. The van der Waals surface area contributed by atoms with Crippen molar-refractivity contribution >= 4 is 24.1 Å². The van der Waals surface area contributed by atoms with E-state index in [9.17, 15) is 0 Å². The van der Waals surface area contributed by atoms with E-state index in [1.807, 2.05) is 30.3 Å². The van der Waals surface area contributed by atoms with Crippen LogP contribution in [-0.4, -0.2) is 22.2 Å². The van der Waals surface area contributed by atoms with Crippen LogP contribution < -0.4 is 0 Å². The first kappa shape index (κ1) is 9.89. The number of hydrogen-bond donors (Lipinski definition) is 2. The molecule has 0 spiro atoms. The first-order valence-corrected chi connectivity index (χ1v) is 4.65. The third kappa shape index (κ3) is 2.23. The Bertz CT molecular complexity index is 491. The highest BCUT2D eigenvalue weighted by molar-refractivity contribution is 6.48. The van der Waals surface area contributed by atoms with Gasteiger partial charge in [-0.25, -0.2) is 0 Å². The summed E-state index contributed by atoms with van der Waals surface area (Å²) >= 11 is 0. The number of benzene rings is 1. The van der Waals surface area contributed by atoms with Crippen molar-refractivity contribution in [1.29, 1.82) is 0 Å². The Morgan fingerprint density at radius 2 is 1.93 bits per heavy atom. The van der Waals surface area contributed by atoms with Crippen LogP contribution in [0, 0.1) is 0 Å². The summed E-state index contributed by atoms with van der Waals surface area (Å²) in [5.41, 5.74) is 1.82. The molecule has 2 N–H and O–H groups in total. The van der Waals surface area contributed by atoms with Gasteiger partial charge >= 0.3 is 7.12 Å². The SMILES string of the molecule is OB(O)/C=C/c1ccnc2ccccc12. The lowest BCUT2D eigenvalue weighted by Gasteiger charge is -2.00. The molecule has 1 aromatic carbocycles. The van der Waals surface area contributed by atoms with Gasteiger partial charge in [-0.3, -0.25) is 4.98 Å². The number of nitrogens with zero attached hydrogens (tertiary/aromatic N) is 1. The zero-order valence-corrected chi connectivity index (χ0v) is 8.04. The van der Waals surface area contributed by atoms with Crippen LogP contribution in [0.3, 0.4) is 0 Å². The highest BCUT2D eigenvalue weighted by atomic mass is 16.4. The van der Waals surface area contributed by atoms with Gasteiger partial charge in [0.25, 0.3) is 0 Å². The fraction of sp³-hybridized carbons (Fsp3) is 0. The van der Waals surface area contributed by atoms with Crippen LogP contribution in [0.2, 0.25) is 0 Å². The first-order valence-electron chi connectivity index (χ1n) is 4.65. The maximum Gasteiger partial charge on any atom is 0.480 e. The quantitative estimate of drug-likeness (QED) is 0.715. The van der Waals surface area contributed by atoms with Gasteiger partial charge in [-0.15, -0.1) is 0 Å². The predicted molar refractivity (Wildman–Crippen MR) is 61.0 cm³/mol. The van der Waals surface area contributed by atoms with E-state index in [-0.39, 0.29) is 0 Å². The Hall–Kier alpha value is -1.65. The molecule has 2 rings (SSSR count). The van der Waals surface area contributed by atoms with Crippen LogP contribution in [0.15, 0.2) is 42.5 Å². The molecule has 2 aromatic rings. The predicted octanol–water partition coefficient (Wildman–Crippen LogP) is 1.26. The van der Waals surface area contributed by atoms with Crippen LogP contribution >= 0.6 is 0 Å². The number of para-hydroxylation sites is 1. The summed E-state index contributed by atoms with van der Waals surface area (Å²) in [6, 6.07) is 9.55. The van der Waals surface area contributed by atoms with E-state index < -0.39 is 7.12 Å². The second-order valence-corrected chi connectivity index (χ2v) is 3.19. The summed E-state index contributed by atoms with van der Waals surface area (Å²) in [5.74, 6) is 1.32. The molecule has 0 radical (unpaired) electrons. The molecule has 74 valence electrons. The molecule has 0 aliphatic carbocycles. The fourth-order valence-corrected chi connectivity index (χ4v) is 1.45.